The van der Waals surface area contributed by atoms with Crippen molar-refractivity contribution in [3.8, 4) is 0 Å². The highest BCUT2D eigenvalue weighted by atomic mass is 14.9. The van der Waals surface area contributed by atoms with Gasteiger partial charge in [0.25, 0.3) is 0 Å². The normalized spacial score (nSPS) is 14.9. The largest absolute Gasteiger partial charge is 0.304 e. The van der Waals surface area contributed by atoms with Crippen molar-refractivity contribution < 1.29 is 0 Å². The lowest BCUT2D eigenvalue weighted by Gasteiger charge is -2.17. The fourth-order valence-electron chi connectivity index (χ4n) is 1.21. The van der Waals surface area contributed by atoms with Gasteiger partial charge in [-0.2, -0.15) is 0 Å². The zero-order chi connectivity index (χ0) is 9.68. The Morgan fingerprint density at radius 1 is 1.38 bits per heavy atom. The molecule has 2 atom stereocenters. The minimum absolute atomic E-state index is 0.336. The first kappa shape index (κ1) is 9.93. The Morgan fingerprint density at radius 3 is 2.54 bits per heavy atom. The average Bonchev–Trinajstić information content (AvgIpc) is 2.19. The summed E-state index contributed by atoms with van der Waals surface area (Å²) in [5.74, 6) is 0. The van der Waals surface area contributed by atoms with Crippen molar-refractivity contribution in [2.24, 2.45) is 0 Å². The van der Waals surface area contributed by atoms with Gasteiger partial charge in [0.1, 0.15) is 0 Å². The molecule has 1 aromatic heterocycles. The first-order valence-electron chi connectivity index (χ1n) is 4.52. The predicted molar refractivity (Wildman–Crippen MR) is 55.4 cm³/mol. The van der Waals surface area contributed by atoms with Crippen LogP contribution in [0.25, 0.3) is 0 Å². The molecule has 0 saturated heterocycles. The molecule has 0 amide bonds. The van der Waals surface area contributed by atoms with Gasteiger partial charge in [0.15, 0.2) is 0 Å². The van der Waals surface area contributed by atoms with Crippen LogP contribution >= 0.6 is 0 Å². The van der Waals surface area contributed by atoms with E-state index < -0.39 is 0 Å². The van der Waals surface area contributed by atoms with E-state index in [9.17, 15) is 0 Å². The number of hydrogen-bond acceptors (Lipinski definition) is 2. The third kappa shape index (κ3) is 2.99. The Balaban J connectivity index is 2.58. The van der Waals surface area contributed by atoms with Crippen molar-refractivity contribution in [1.29, 1.82) is 0 Å². The van der Waals surface area contributed by atoms with Gasteiger partial charge in [-0.05, 0) is 31.5 Å². The van der Waals surface area contributed by atoms with Crippen LogP contribution in [0, 0.1) is 0 Å². The lowest BCUT2D eigenvalue weighted by atomic mass is 10.1. The molecule has 0 aliphatic rings. The standard InChI is InChI=1S/C11H16N2/c1-4-9(2)13-10(3)11-5-7-12-8-6-11/h4-10,13H,1H2,2-3H3. The lowest BCUT2D eigenvalue weighted by molar-refractivity contribution is 0.537. The van der Waals surface area contributed by atoms with Gasteiger partial charge < -0.3 is 5.32 Å². The van der Waals surface area contributed by atoms with Crippen molar-refractivity contribution in [2.45, 2.75) is 25.9 Å². The van der Waals surface area contributed by atoms with Crippen LogP contribution in [-0.4, -0.2) is 11.0 Å². The number of hydrogen-bond donors (Lipinski definition) is 1. The first-order valence-corrected chi connectivity index (χ1v) is 4.52. The maximum Gasteiger partial charge on any atom is 0.0298 e. The van der Waals surface area contributed by atoms with E-state index in [4.69, 9.17) is 0 Å². The molecule has 0 bridgehead atoms. The summed E-state index contributed by atoms with van der Waals surface area (Å²) in [4.78, 5) is 3.98. The molecule has 2 unspecified atom stereocenters. The van der Waals surface area contributed by atoms with Gasteiger partial charge in [-0.3, -0.25) is 4.98 Å². The number of pyridine rings is 1. The zero-order valence-corrected chi connectivity index (χ0v) is 8.20. The Bertz CT molecular complexity index is 256. The molecule has 70 valence electrons. The molecule has 0 aromatic carbocycles. The van der Waals surface area contributed by atoms with E-state index in [0.29, 0.717) is 12.1 Å². The minimum Gasteiger partial charge on any atom is -0.304 e. The number of aromatic nitrogens is 1. The molecule has 0 radical (unpaired) electrons. The van der Waals surface area contributed by atoms with Gasteiger partial charge in [0.05, 0.1) is 0 Å². The van der Waals surface area contributed by atoms with Crippen molar-refractivity contribution in [1.82, 2.24) is 10.3 Å². The van der Waals surface area contributed by atoms with Crippen LogP contribution < -0.4 is 5.32 Å². The van der Waals surface area contributed by atoms with Gasteiger partial charge in [-0.25, -0.2) is 0 Å². The van der Waals surface area contributed by atoms with E-state index in [-0.39, 0.29) is 0 Å². The van der Waals surface area contributed by atoms with Crippen LogP contribution in [0.15, 0.2) is 37.2 Å². The highest BCUT2D eigenvalue weighted by Crippen LogP contribution is 2.10. The summed E-state index contributed by atoms with van der Waals surface area (Å²) in [5, 5.41) is 3.40. The second-order valence-electron chi connectivity index (χ2n) is 3.19. The second kappa shape index (κ2) is 4.77. The zero-order valence-electron chi connectivity index (χ0n) is 8.20. The van der Waals surface area contributed by atoms with E-state index in [1.54, 1.807) is 0 Å². The van der Waals surface area contributed by atoms with E-state index >= 15 is 0 Å². The van der Waals surface area contributed by atoms with Crippen molar-refractivity contribution in [3.05, 3.63) is 42.7 Å². The summed E-state index contributed by atoms with van der Waals surface area (Å²) >= 11 is 0. The molecule has 0 fully saturated rings. The van der Waals surface area contributed by atoms with Crippen LogP contribution in [0.3, 0.4) is 0 Å². The first-order chi connectivity index (χ1) is 6.24. The van der Waals surface area contributed by atoms with Gasteiger partial charge in [0.2, 0.25) is 0 Å². The Kier molecular flexibility index (Phi) is 3.65. The van der Waals surface area contributed by atoms with E-state index in [1.807, 2.05) is 30.6 Å². The smallest absolute Gasteiger partial charge is 0.0298 e. The fraction of sp³-hybridized carbons (Fsp3) is 0.364. The fourth-order valence-corrected chi connectivity index (χ4v) is 1.21. The third-order valence-corrected chi connectivity index (χ3v) is 2.07. The summed E-state index contributed by atoms with van der Waals surface area (Å²) in [6.07, 6.45) is 5.52. The maximum atomic E-state index is 3.98. The van der Waals surface area contributed by atoms with Crippen LogP contribution in [0.1, 0.15) is 25.5 Å². The number of rotatable bonds is 4. The molecule has 1 aromatic rings. The summed E-state index contributed by atoms with van der Waals surface area (Å²) in [6.45, 7) is 7.95. The molecular formula is C11H16N2. The molecule has 1 N–H and O–H groups in total. The number of nitrogens with one attached hydrogen (secondary N) is 1. The molecule has 0 aliphatic carbocycles. The molecule has 13 heavy (non-hydrogen) atoms. The molecule has 0 aliphatic heterocycles. The monoisotopic (exact) mass is 176 g/mol. The van der Waals surface area contributed by atoms with Gasteiger partial charge in [-0.15, -0.1) is 6.58 Å². The van der Waals surface area contributed by atoms with Crippen molar-refractivity contribution in [2.75, 3.05) is 0 Å². The highest BCUT2D eigenvalue weighted by molar-refractivity contribution is 5.14. The van der Waals surface area contributed by atoms with E-state index in [2.05, 4.69) is 30.7 Å². The van der Waals surface area contributed by atoms with Crippen molar-refractivity contribution in [3.63, 3.8) is 0 Å². The van der Waals surface area contributed by atoms with Gasteiger partial charge >= 0.3 is 0 Å². The summed E-state index contributed by atoms with van der Waals surface area (Å²) in [6, 6.07) is 4.72. The highest BCUT2D eigenvalue weighted by Gasteiger charge is 2.05. The van der Waals surface area contributed by atoms with Crippen LogP contribution in [0.2, 0.25) is 0 Å². The topological polar surface area (TPSA) is 24.9 Å². The average molecular weight is 176 g/mol. The number of nitrogens with zero attached hydrogens (tertiary/aromatic N) is 1. The quantitative estimate of drug-likeness (QED) is 0.712. The predicted octanol–water partition coefficient (Wildman–Crippen LogP) is 2.31. The third-order valence-electron chi connectivity index (χ3n) is 2.07. The second-order valence-corrected chi connectivity index (χ2v) is 3.19. The molecule has 2 nitrogen and oxygen atoms in total. The molecule has 1 rings (SSSR count). The minimum atomic E-state index is 0.336. The Labute approximate surface area is 79.7 Å². The summed E-state index contributed by atoms with van der Waals surface area (Å²) in [7, 11) is 0. The maximum absolute atomic E-state index is 3.98. The molecule has 1 heterocycles. The van der Waals surface area contributed by atoms with Crippen LogP contribution in [-0.2, 0) is 0 Å². The van der Waals surface area contributed by atoms with E-state index in [0.717, 1.165) is 0 Å². The molecule has 0 saturated carbocycles. The molecular weight excluding hydrogens is 160 g/mol. The van der Waals surface area contributed by atoms with Gasteiger partial charge in [0, 0.05) is 24.5 Å². The molecule has 2 heteroatoms. The lowest BCUT2D eigenvalue weighted by Crippen LogP contribution is -2.26. The Morgan fingerprint density at radius 2 is 2.00 bits per heavy atom. The SMILES string of the molecule is C=CC(C)NC(C)c1ccncc1. The summed E-state index contributed by atoms with van der Waals surface area (Å²) < 4.78 is 0. The van der Waals surface area contributed by atoms with Crippen LogP contribution in [0.5, 0.6) is 0 Å². The van der Waals surface area contributed by atoms with E-state index in [1.165, 1.54) is 5.56 Å². The van der Waals surface area contributed by atoms with Crippen LogP contribution in [0.4, 0.5) is 0 Å². The molecule has 0 spiro atoms. The Hall–Kier alpha value is -1.15. The van der Waals surface area contributed by atoms with Crippen molar-refractivity contribution >= 4 is 0 Å². The summed E-state index contributed by atoms with van der Waals surface area (Å²) in [5.41, 5.74) is 1.25. The van der Waals surface area contributed by atoms with Gasteiger partial charge in [-0.1, -0.05) is 6.08 Å².